The fraction of sp³-hybridized carbons (Fsp3) is 0.641. The molecule has 2 aromatic heterocycles. The Bertz CT molecular complexity index is 1760. The highest BCUT2D eigenvalue weighted by Crippen LogP contribution is 2.76. The molecule has 0 amide bonds. The lowest BCUT2D eigenvalue weighted by molar-refractivity contribution is -0.161. The molecule has 1 unspecified atom stereocenters. The van der Waals surface area contributed by atoms with Crippen LogP contribution in [-0.4, -0.2) is 26.3 Å². The number of aromatic amines is 2. The van der Waals surface area contributed by atoms with E-state index in [1.165, 1.54) is 46.1 Å². The minimum Gasteiger partial charge on any atom is -0.481 e. The zero-order valence-corrected chi connectivity index (χ0v) is 28.3. The molecule has 2 heterocycles. The van der Waals surface area contributed by atoms with Crippen LogP contribution in [0.5, 0.6) is 0 Å². The summed E-state index contributed by atoms with van der Waals surface area (Å²) >= 11 is 0. The van der Waals surface area contributed by atoms with E-state index in [4.69, 9.17) is 5.73 Å². The van der Waals surface area contributed by atoms with Crippen LogP contribution in [0.15, 0.2) is 36.0 Å². The van der Waals surface area contributed by atoms with E-state index in [0.29, 0.717) is 23.6 Å². The molecule has 0 saturated heterocycles. The average molecular weight is 609 g/mol. The summed E-state index contributed by atoms with van der Waals surface area (Å²) in [6, 6.07) is 8.74. The topological polar surface area (TPSA) is 108 Å². The SMILES string of the molecule is CC1(C)C[C@@H]2C3=C(c4c[nH]c5ccccc45)CC4[C@@]5(C)Cc6c(N)n[nH]c6C(C)(C)[C@@H]5CC[C@@]4(C)[C@]3(C)CC[C@@H]2[C@H](C(=O)O)C1. The van der Waals surface area contributed by atoms with Gasteiger partial charge in [-0.2, -0.15) is 5.10 Å². The molecule has 0 aliphatic heterocycles. The van der Waals surface area contributed by atoms with E-state index in [2.05, 4.69) is 94.1 Å². The standard InChI is InChI=1S/C39H52N4O2/c1-35(2)17-24-21(25(18-35)34(44)45)12-14-39(7)31(24)23(27-20-41-28-11-9-8-10-22(27)28)16-30-37(5)19-26-32(42-43-33(26)40)36(3,4)29(37)13-15-38(30,39)6/h8-11,20-21,24-25,29-30,41H,12-19H2,1-7H3,(H,44,45)(H3,40,42,43)/t21-,24-,25+,29-,30?,37-,38+,39+/m0/s1. The molecule has 6 nitrogen and oxygen atoms in total. The van der Waals surface area contributed by atoms with Crippen LogP contribution in [0.3, 0.4) is 0 Å². The first-order valence-electron chi connectivity index (χ1n) is 17.5. The summed E-state index contributed by atoms with van der Waals surface area (Å²) in [5, 5.41) is 19.8. The van der Waals surface area contributed by atoms with Crippen LogP contribution in [0.2, 0.25) is 0 Å². The predicted molar refractivity (Wildman–Crippen MR) is 180 cm³/mol. The van der Waals surface area contributed by atoms with Crippen LogP contribution in [0, 0.1) is 51.2 Å². The number of carbonyl (C=O) groups is 1. The zero-order chi connectivity index (χ0) is 31.9. The Morgan fingerprint density at radius 3 is 2.51 bits per heavy atom. The van der Waals surface area contributed by atoms with E-state index in [9.17, 15) is 9.90 Å². The molecular formula is C39H52N4O2. The number of nitrogen functional groups attached to an aromatic ring is 1. The number of rotatable bonds is 2. The number of anilines is 1. The molecule has 0 spiro atoms. The van der Waals surface area contributed by atoms with Crippen molar-refractivity contribution in [3.63, 3.8) is 0 Å². The van der Waals surface area contributed by atoms with Crippen molar-refractivity contribution in [3.8, 4) is 0 Å². The number of benzene rings is 1. The maximum atomic E-state index is 12.8. The summed E-state index contributed by atoms with van der Waals surface area (Å²) in [5.74, 6) is 1.27. The Morgan fingerprint density at radius 1 is 1.00 bits per heavy atom. The molecule has 3 fully saturated rings. The van der Waals surface area contributed by atoms with Crippen molar-refractivity contribution in [2.24, 2.45) is 51.2 Å². The Kier molecular flexibility index (Phi) is 5.92. The van der Waals surface area contributed by atoms with Gasteiger partial charge in [-0.05, 0) is 108 Å². The first-order valence-corrected chi connectivity index (χ1v) is 17.5. The second-order valence-electron chi connectivity index (χ2n) is 17.9. The normalized spacial score (nSPS) is 39.8. The number of allylic oxidation sites excluding steroid dienone is 2. The lowest BCUT2D eigenvalue weighted by Gasteiger charge is -2.70. The number of fused-ring (bicyclic) bond motifs is 9. The van der Waals surface area contributed by atoms with Crippen LogP contribution in [0.1, 0.15) is 110 Å². The maximum absolute atomic E-state index is 12.8. The molecule has 8 rings (SSSR count). The third kappa shape index (κ3) is 3.69. The van der Waals surface area contributed by atoms with E-state index >= 15 is 0 Å². The third-order valence-corrected chi connectivity index (χ3v) is 15.0. The Labute approximate surface area is 268 Å². The molecule has 6 heteroatoms. The second-order valence-corrected chi connectivity index (χ2v) is 17.9. The van der Waals surface area contributed by atoms with Crippen LogP contribution in [-0.2, 0) is 16.6 Å². The molecule has 1 aromatic carbocycles. The second kappa shape index (κ2) is 9.07. The highest BCUT2D eigenvalue weighted by molar-refractivity contribution is 5.94. The molecule has 5 aliphatic rings. The number of para-hydroxylation sites is 1. The number of aliphatic carboxylic acids is 1. The van der Waals surface area contributed by atoms with Gasteiger partial charge in [0.25, 0.3) is 0 Å². The van der Waals surface area contributed by atoms with Crippen LogP contribution in [0.4, 0.5) is 5.82 Å². The fourth-order valence-corrected chi connectivity index (χ4v) is 13.0. The number of aromatic nitrogens is 3. The Balaban J connectivity index is 1.38. The number of nitrogens with zero attached hydrogens (tertiary/aromatic N) is 1. The summed E-state index contributed by atoms with van der Waals surface area (Å²) in [6.07, 6.45) is 10.6. The molecule has 0 bridgehead atoms. The first-order chi connectivity index (χ1) is 21.1. The molecule has 5 N–H and O–H groups in total. The van der Waals surface area contributed by atoms with Gasteiger partial charge in [0.1, 0.15) is 5.82 Å². The highest BCUT2D eigenvalue weighted by Gasteiger charge is 2.68. The van der Waals surface area contributed by atoms with Crippen molar-refractivity contribution < 1.29 is 9.90 Å². The van der Waals surface area contributed by atoms with Gasteiger partial charge in [-0.15, -0.1) is 0 Å². The van der Waals surface area contributed by atoms with Gasteiger partial charge >= 0.3 is 5.97 Å². The van der Waals surface area contributed by atoms with Crippen LogP contribution >= 0.6 is 0 Å². The monoisotopic (exact) mass is 608 g/mol. The van der Waals surface area contributed by atoms with Gasteiger partial charge in [-0.3, -0.25) is 9.89 Å². The number of carboxylic acid groups (broad SMARTS) is 1. The lowest BCUT2D eigenvalue weighted by Crippen LogP contribution is -2.64. The molecule has 8 atom stereocenters. The van der Waals surface area contributed by atoms with E-state index < -0.39 is 5.97 Å². The van der Waals surface area contributed by atoms with E-state index in [1.807, 2.05) is 0 Å². The molecule has 45 heavy (non-hydrogen) atoms. The summed E-state index contributed by atoms with van der Waals surface area (Å²) in [4.78, 5) is 16.5. The van der Waals surface area contributed by atoms with Gasteiger partial charge in [-0.1, -0.05) is 72.2 Å². The number of hydrogen-bond donors (Lipinski definition) is 4. The predicted octanol–water partition coefficient (Wildman–Crippen LogP) is 8.76. The summed E-state index contributed by atoms with van der Waals surface area (Å²) < 4.78 is 0. The van der Waals surface area contributed by atoms with Gasteiger partial charge in [0.15, 0.2) is 0 Å². The largest absolute Gasteiger partial charge is 0.481 e. The molecule has 0 radical (unpaired) electrons. The quantitative estimate of drug-likeness (QED) is 0.233. The van der Waals surface area contributed by atoms with Crippen LogP contribution < -0.4 is 5.73 Å². The molecule has 3 saturated carbocycles. The minimum absolute atomic E-state index is 0.00913. The number of nitrogens with one attached hydrogen (secondary N) is 2. The van der Waals surface area contributed by atoms with E-state index in [-0.39, 0.29) is 38.9 Å². The van der Waals surface area contributed by atoms with Crippen LogP contribution in [0.25, 0.3) is 16.5 Å². The summed E-state index contributed by atoms with van der Waals surface area (Å²) in [7, 11) is 0. The number of nitrogens with two attached hydrogens (primary N) is 1. The van der Waals surface area contributed by atoms with Crippen molar-refractivity contribution >= 4 is 28.3 Å². The minimum atomic E-state index is -0.596. The summed E-state index contributed by atoms with van der Waals surface area (Å²) in [6.45, 7) is 17.3. The Hall–Kier alpha value is -3.02. The number of H-pyrrole nitrogens is 2. The number of hydrogen-bond acceptors (Lipinski definition) is 3. The third-order valence-electron chi connectivity index (χ3n) is 15.0. The van der Waals surface area contributed by atoms with Crippen molar-refractivity contribution in [3.05, 3.63) is 52.9 Å². The van der Waals surface area contributed by atoms with Crippen molar-refractivity contribution in [2.45, 2.75) is 105 Å². The van der Waals surface area contributed by atoms with E-state index in [0.717, 1.165) is 38.5 Å². The van der Waals surface area contributed by atoms with Gasteiger partial charge in [0, 0.05) is 39.3 Å². The van der Waals surface area contributed by atoms with Crippen molar-refractivity contribution in [1.82, 2.24) is 15.2 Å². The van der Waals surface area contributed by atoms with E-state index in [1.54, 1.807) is 5.57 Å². The maximum Gasteiger partial charge on any atom is 0.306 e. The molecule has 3 aromatic rings. The van der Waals surface area contributed by atoms with Crippen molar-refractivity contribution in [2.75, 3.05) is 5.73 Å². The smallest absolute Gasteiger partial charge is 0.306 e. The Morgan fingerprint density at radius 2 is 1.76 bits per heavy atom. The average Bonchev–Trinajstić information content (AvgIpc) is 3.56. The van der Waals surface area contributed by atoms with Gasteiger partial charge in [0.05, 0.1) is 5.92 Å². The van der Waals surface area contributed by atoms with Crippen molar-refractivity contribution in [1.29, 1.82) is 0 Å². The molecule has 5 aliphatic carbocycles. The fourth-order valence-electron chi connectivity index (χ4n) is 13.0. The summed E-state index contributed by atoms with van der Waals surface area (Å²) in [5.41, 5.74) is 14.8. The number of carboxylic acids is 1. The zero-order valence-electron chi connectivity index (χ0n) is 28.3. The molecular weight excluding hydrogens is 556 g/mol. The van der Waals surface area contributed by atoms with Gasteiger partial charge in [-0.25, -0.2) is 0 Å². The lowest BCUT2D eigenvalue weighted by atomic mass is 9.33. The van der Waals surface area contributed by atoms with Gasteiger partial charge in [0.2, 0.25) is 0 Å². The highest BCUT2D eigenvalue weighted by atomic mass is 16.4. The molecule has 240 valence electrons. The van der Waals surface area contributed by atoms with Gasteiger partial charge < -0.3 is 15.8 Å². The first kappa shape index (κ1) is 29.4.